The molecule has 0 saturated heterocycles. The molecule has 3 N–H and O–H groups in total. The molecular weight excluding hydrogens is 308 g/mol. The number of hydrogen-bond donors (Lipinski definition) is 3. The SMILES string of the molecule is O=C(c1ccn[nH]1)N1CCc2c(CNc3ncccn3)n[nH]c2C1. The second kappa shape index (κ2) is 6.11. The van der Waals surface area contributed by atoms with Gasteiger partial charge in [-0.1, -0.05) is 0 Å². The van der Waals surface area contributed by atoms with Crippen LogP contribution in [0.15, 0.2) is 30.7 Å². The first-order chi connectivity index (χ1) is 11.8. The molecule has 24 heavy (non-hydrogen) atoms. The van der Waals surface area contributed by atoms with Gasteiger partial charge in [-0.25, -0.2) is 9.97 Å². The summed E-state index contributed by atoms with van der Waals surface area (Å²) in [7, 11) is 0. The molecule has 1 aliphatic rings. The fraction of sp³-hybridized carbons (Fsp3) is 0.267. The van der Waals surface area contributed by atoms with E-state index in [-0.39, 0.29) is 5.91 Å². The largest absolute Gasteiger partial charge is 0.348 e. The van der Waals surface area contributed by atoms with E-state index in [2.05, 4.69) is 35.7 Å². The summed E-state index contributed by atoms with van der Waals surface area (Å²) in [5.41, 5.74) is 3.57. The molecule has 3 aromatic rings. The molecule has 9 nitrogen and oxygen atoms in total. The van der Waals surface area contributed by atoms with Gasteiger partial charge in [0.25, 0.3) is 5.91 Å². The van der Waals surface area contributed by atoms with Gasteiger partial charge in [-0.2, -0.15) is 10.2 Å². The van der Waals surface area contributed by atoms with Crippen molar-refractivity contribution in [3.8, 4) is 0 Å². The van der Waals surface area contributed by atoms with Gasteiger partial charge in [-0.05, 0) is 18.6 Å². The number of amides is 1. The molecule has 0 aliphatic carbocycles. The number of aromatic nitrogens is 6. The Bertz CT molecular complexity index is 827. The highest BCUT2D eigenvalue weighted by Crippen LogP contribution is 2.21. The summed E-state index contributed by atoms with van der Waals surface area (Å²) in [5.74, 6) is 0.520. The highest BCUT2D eigenvalue weighted by molar-refractivity contribution is 5.92. The fourth-order valence-electron chi connectivity index (χ4n) is 2.80. The Balaban J connectivity index is 1.44. The number of carbonyl (C=O) groups is 1. The lowest BCUT2D eigenvalue weighted by atomic mass is 10.0. The maximum Gasteiger partial charge on any atom is 0.272 e. The summed E-state index contributed by atoms with van der Waals surface area (Å²) in [6, 6.07) is 3.45. The van der Waals surface area contributed by atoms with Gasteiger partial charge in [-0.15, -0.1) is 0 Å². The minimum absolute atomic E-state index is 0.0508. The number of carbonyl (C=O) groups excluding carboxylic acids is 1. The van der Waals surface area contributed by atoms with Crippen LogP contribution in [0, 0.1) is 0 Å². The summed E-state index contributed by atoms with van der Waals surface area (Å²) in [6.07, 6.45) is 5.72. The van der Waals surface area contributed by atoms with Gasteiger partial charge in [0, 0.05) is 30.7 Å². The van der Waals surface area contributed by atoms with E-state index in [1.54, 1.807) is 35.6 Å². The maximum atomic E-state index is 12.4. The molecule has 4 heterocycles. The minimum atomic E-state index is -0.0508. The van der Waals surface area contributed by atoms with Crippen LogP contribution in [0.1, 0.15) is 27.4 Å². The highest BCUT2D eigenvalue weighted by atomic mass is 16.2. The Labute approximate surface area is 137 Å². The zero-order valence-corrected chi connectivity index (χ0v) is 12.9. The van der Waals surface area contributed by atoms with Gasteiger partial charge in [-0.3, -0.25) is 15.0 Å². The lowest BCUT2D eigenvalue weighted by Crippen LogP contribution is -2.36. The first kappa shape index (κ1) is 14.4. The van der Waals surface area contributed by atoms with Crippen LogP contribution in [-0.4, -0.2) is 47.7 Å². The van der Waals surface area contributed by atoms with E-state index in [0.29, 0.717) is 31.3 Å². The van der Waals surface area contributed by atoms with Crippen molar-refractivity contribution in [2.24, 2.45) is 0 Å². The molecule has 3 aromatic heterocycles. The summed E-state index contributed by atoms with van der Waals surface area (Å²) in [5, 5.41) is 17.1. The summed E-state index contributed by atoms with van der Waals surface area (Å²) in [6.45, 7) is 1.71. The van der Waals surface area contributed by atoms with Crippen molar-refractivity contribution in [3.05, 3.63) is 53.4 Å². The van der Waals surface area contributed by atoms with Crippen molar-refractivity contribution in [2.45, 2.75) is 19.5 Å². The zero-order valence-electron chi connectivity index (χ0n) is 12.9. The Morgan fingerprint density at radius 3 is 2.92 bits per heavy atom. The topological polar surface area (TPSA) is 115 Å². The second-order valence-corrected chi connectivity index (χ2v) is 5.50. The molecule has 0 unspecified atom stereocenters. The molecule has 0 radical (unpaired) electrons. The predicted molar refractivity (Wildman–Crippen MR) is 85.0 cm³/mol. The molecule has 0 fully saturated rings. The van der Waals surface area contributed by atoms with Gasteiger partial charge >= 0.3 is 0 Å². The van der Waals surface area contributed by atoms with Crippen molar-refractivity contribution in [2.75, 3.05) is 11.9 Å². The molecule has 0 aromatic carbocycles. The van der Waals surface area contributed by atoms with Crippen molar-refractivity contribution >= 4 is 11.9 Å². The van der Waals surface area contributed by atoms with Crippen LogP contribution in [0.25, 0.3) is 0 Å². The summed E-state index contributed by atoms with van der Waals surface area (Å²) >= 11 is 0. The third kappa shape index (κ3) is 2.71. The number of nitrogens with zero attached hydrogens (tertiary/aromatic N) is 5. The van der Waals surface area contributed by atoms with Crippen LogP contribution in [0.4, 0.5) is 5.95 Å². The summed E-state index contributed by atoms with van der Waals surface area (Å²) < 4.78 is 0. The van der Waals surface area contributed by atoms with Gasteiger partial charge in [0.15, 0.2) is 0 Å². The van der Waals surface area contributed by atoms with E-state index in [1.165, 1.54) is 0 Å². The van der Waals surface area contributed by atoms with Crippen LogP contribution in [0.5, 0.6) is 0 Å². The highest BCUT2D eigenvalue weighted by Gasteiger charge is 2.26. The van der Waals surface area contributed by atoms with Gasteiger partial charge < -0.3 is 10.2 Å². The van der Waals surface area contributed by atoms with Crippen molar-refractivity contribution < 1.29 is 4.79 Å². The van der Waals surface area contributed by atoms with Crippen LogP contribution < -0.4 is 5.32 Å². The molecule has 0 spiro atoms. The fourth-order valence-corrected chi connectivity index (χ4v) is 2.80. The molecule has 1 amide bonds. The minimum Gasteiger partial charge on any atom is -0.348 e. The molecular formula is C15H16N8O. The normalized spacial score (nSPS) is 13.6. The van der Waals surface area contributed by atoms with Crippen LogP contribution in [0.2, 0.25) is 0 Å². The van der Waals surface area contributed by atoms with E-state index in [0.717, 1.165) is 23.4 Å². The predicted octanol–water partition coefficient (Wildman–Crippen LogP) is 0.733. The Hall–Kier alpha value is -3.23. The van der Waals surface area contributed by atoms with Gasteiger partial charge in [0.2, 0.25) is 5.95 Å². The van der Waals surface area contributed by atoms with Crippen molar-refractivity contribution in [3.63, 3.8) is 0 Å². The number of rotatable bonds is 4. The van der Waals surface area contributed by atoms with E-state index in [1.807, 2.05) is 0 Å². The maximum absolute atomic E-state index is 12.4. The molecule has 4 rings (SSSR count). The first-order valence-electron chi connectivity index (χ1n) is 7.66. The molecule has 0 bridgehead atoms. The number of aromatic amines is 2. The van der Waals surface area contributed by atoms with E-state index in [4.69, 9.17) is 0 Å². The Morgan fingerprint density at radius 2 is 2.12 bits per heavy atom. The van der Waals surface area contributed by atoms with Crippen LogP contribution >= 0.6 is 0 Å². The second-order valence-electron chi connectivity index (χ2n) is 5.50. The quantitative estimate of drug-likeness (QED) is 0.652. The number of fused-ring (bicyclic) bond motifs is 1. The molecule has 9 heteroatoms. The molecule has 0 atom stereocenters. The Morgan fingerprint density at radius 1 is 1.25 bits per heavy atom. The van der Waals surface area contributed by atoms with Crippen LogP contribution in [0.3, 0.4) is 0 Å². The number of hydrogen-bond acceptors (Lipinski definition) is 6. The lowest BCUT2D eigenvalue weighted by Gasteiger charge is -2.26. The van der Waals surface area contributed by atoms with E-state index in [9.17, 15) is 4.79 Å². The van der Waals surface area contributed by atoms with E-state index < -0.39 is 0 Å². The standard InChI is InChI=1S/C15H16N8O/c24-14(11-2-6-19-20-11)23-7-3-10-12(21-22-13(10)9-23)8-18-15-16-4-1-5-17-15/h1-2,4-6H,3,7-9H2,(H,19,20)(H,21,22)(H,16,17,18). The smallest absolute Gasteiger partial charge is 0.272 e. The van der Waals surface area contributed by atoms with Gasteiger partial charge in [0.05, 0.1) is 24.5 Å². The molecule has 1 aliphatic heterocycles. The number of nitrogens with one attached hydrogen (secondary N) is 3. The molecule has 122 valence electrons. The van der Waals surface area contributed by atoms with Crippen molar-refractivity contribution in [1.82, 2.24) is 35.3 Å². The monoisotopic (exact) mass is 324 g/mol. The van der Waals surface area contributed by atoms with E-state index >= 15 is 0 Å². The zero-order chi connectivity index (χ0) is 16.4. The van der Waals surface area contributed by atoms with Crippen molar-refractivity contribution in [1.29, 1.82) is 0 Å². The lowest BCUT2D eigenvalue weighted by molar-refractivity contribution is 0.0726. The average molecular weight is 324 g/mol. The average Bonchev–Trinajstić information content (AvgIpc) is 3.30. The third-order valence-electron chi connectivity index (χ3n) is 4.02. The third-order valence-corrected chi connectivity index (χ3v) is 4.02. The van der Waals surface area contributed by atoms with Gasteiger partial charge in [0.1, 0.15) is 5.69 Å². The number of H-pyrrole nitrogens is 2. The Kier molecular flexibility index (Phi) is 3.66. The first-order valence-corrected chi connectivity index (χ1v) is 7.66. The number of anilines is 1. The van der Waals surface area contributed by atoms with Crippen LogP contribution in [-0.2, 0) is 19.5 Å². The summed E-state index contributed by atoms with van der Waals surface area (Å²) in [4.78, 5) is 22.4. The molecule has 0 saturated carbocycles.